The molecule has 0 fully saturated rings. The van der Waals surface area contributed by atoms with Crippen LogP contribution in [0.3, 0.4) is 0 Å². The number of hydrogen-bond acceptors (Lipinski definition) is 11. The number of nitrogens with two attached hydrogens (primary N) is 1. The third-order valence-corrected chi connectivity index (χ3v) is 6.47. The molecule has 0 saturated heterocycles. The molecule has 3 unspecified atom stereocenters. The molecular weight excluding hydrogens is 634 g/mol. The van der Waals surface area contributed by atoms with Crippen LogP contribution in [-0.4, -0.2) is 110 Å². The fourth-order valence-corrected chi connectivity index (χ4v) is 3.92. The van der Waals surface area contributed by atoms with Gasteiger partial charge >= 0.3 is 6.09 Å². The Morgan fingerprint density at radius 3 is 2.06 bits per heavy atom. The average molecular weight is 676 g/mol. The molecule has 7 N–H and O–H groups in total. The maximum Gasteiger partial charge on any atom is 0.407 e. The first-order valence-electron chi connectivity index (χ1n) is 15.0. The Balaban J connectivity index is 1.80. The van der Waals surface area contributed by atoms with Gasteiger partial charge in [0.05, 0.1) is 19.6 Å². The molecule has 2 rings (SSSR count). The van der Waals surface area contributed by atoms with E-state index in [1.165, 1.54) is 26.0 Å². The number of carbonyl (C=O) groups excluding carboxylic acids is 8. The monoisotopic (exact) mass is 675 g/mol. The summed E-state index contributed by atoms with van der Waals surface area (Å²) in [5.74, 6) is -4.57. The van der Waals surface area contributed by atoms with Gasteiger partial charge in [0.25, 0.3) is 11.8 Å². The number of amides is 8. The van der Waals surface area contributed by atoms with Crippen LogP contribution in [0.2, 0.25) is 0 Å². The summed E-state index contributed by atoms with van der Waals surface area (Å²) in [7, 11) is 0. The van der Waals surface area contributed by atoms with E-state index in [4.69, 9.17) is 19.9 Å². The van der Waals surface area contributed by atoms with Gasteiger partial charge < -0.3 is 46.5 Å². The molecule has 1 aromatic rings. The number of benzene rings is 1. The van der Waals surface area contributed by atoms with Crippen molar-refractivity contribution in [2.75, 3.05) is 44.8 Å². The van der Waals surface area contributed by atoms with Gasteiger partial charge in [-0.1, -0.05) is 12.1 Å². The van der Waals surface area contributed by atoms with Crippen molar-refractivity contribution in [2.45, 2.75) is 51.9 Å². The topological polar surface area (TPSA) is 254 Å². The van der Waals surface area contributed by atoms with E-state index < -0.39 is 72.0 Å². The van der Waals surface area contributed by atoms with Gasteiger partial charge in [-0.15, -0.1) is 0 Å². The van der Waals surface area contributed by atoms with E-state index in [0.717, 1.165) is 17.1 Å². The summed E-state index contributed by atoms with van der Waals surface area (Å²) in [6.45, 7) is 5.20. The van der Waals surface area contributed by atoms with E-state index >= 15 is 0 Å². The first kappa shape index (κ1) is 38.8. The minimum atomic E-state index is -1.38. The predicted molar refractivity (Wildman–Crippen MR) is 167 cm³/mol. The molecule has 3 atom stereocenters. The van der Waals surface area contributed by atoms with E-state index in [1.807, 2.05) is 6.92 Å². The smallest absolute Gasteiger partial charge is 0.407 e. The largest absolute Gasteiger partial charge is 0.445 e. The van der Waals surface area contributed by atoms with Gasteiger partial charge in [0.1, 0.15) is 31.3 Å². The lowest BCUT2D eigenvalue weighted by Gasteiger charge is -2.22. The maximum absolute atomic E-state index is 12.9. The lowest BCUT2D eigenvalue weighted by atomic mass is 10.1. The Labute approximate surface area is 276 Å². The number of nitrogens with zero attached hydrogens (tertiary/aromatic N) is 1. The highest BCUT2D eigenvalue weighted by atomic mass is 16.5. The standard InChI is InChI=1S/C30H41N7O11/c1-4-46-13-14-47-17-24(39)33-18(2)27(42)34-19(3)28(43)36-22(15-23(31)38)29(44)35-21-7-5-20(6-8-21)16-48-30(45)32-11-12-37-25(40)9-10-26(37)41/h5-10,18-19,22H,4,11-17H2,1-3H3,(H2,31,38)(H,32,45)(H,33,39)(H,34,42)(H,35,44)(H,36,43). The summed E-state index contributed by atoms with van der Waals surface area (Å²) in [5.41, 5.74) is 6.12. The summed E-state index contributed by atoms with van der Waals surface area (Å²) in [4.78, 5) is 97.8. The third kappa shape index (κ3) is 14.0. The molecule has 1 heterocycles. The zero-order chi connectivity index (χ0) is 35.6. The van der Waals surface area contributed by atoms with Crippen molar-refractivity contribution < 1.29 is 52.6 Å². The third-order valence-electron chi connectivity index (χ3n) is 6.47. The second kappa shape index (κ2) is 20.0. The molecule has 0 radical (unpaired) electrons. The van der Waals surface area contributed by atoms with Crippen molar-refractivity contribution in [2.24, 2.45) is 5.73 Å². The quantitative estimate of drug-likeness (QED) is 0.0664. The number of alkyl carbamates (subject to hydrolysis) is 1. The van der Waals surface area contributed by atoms with Gasteiger partial charge in [-0.05, 0) is 38.5 Å². The molecule has 0 aliphatic carbocycles. The molecule has 0 saturated carbocycles. The Bertz CT molecular complexity index is 1350. The van der Waals surface area contributed by atoms with Crippen molar-refractivity contribution in [1.29, 1.82) is 0 Å². The Morgan fingerprint density at radius 2 is 1.44 bits per heavy atom. The zero-order valence-corrected chi connectivity index (χ0v) is 26.9. The van der Waals surface area contributed by atoms with Crippen LogP contribution in [0.15, 0.2) is 36.4 Å². The predicted octanol–water partition coefficient (Wildman–Crippen LogP) is -1.80. The number of rotatable bonds is 20. The Hall–Kier alpha value is -5.36. The molecule has 18 heteroatoms. The van der Waals surface area contributed by atoms with Gasteiger partial charge in [-0.3, -0.25) is 38.5 Å². The fraction of sp³-hybridized carbons (Fsp3) is 0.467. The lowest BCUT2D eigenvalue weighted by molar-refractivity contribution is -0.136. The summed E-state index contributed by atoms with van der Waals surface area (Å²) >= 11 is 0. The highest BCUT2D eigenvalue weighted by Gasteiger charge is 2.27. The molecule has 1 aliphatic heterocycles. The minimum Gasteiger partial charge on any atom is -0.445 e. The molecule has 1 aliphatic rings. The van der Waals surface area contributed by atoms with Crippen LogP contribution < -0.4 is 32.3 Å². The van der Waals surface area contributed by atoms with Crippen LogP contribution in [0.1, 0.15) is 32.8 Å². The van der Waals surface area contributed by atoms with Crippen molar-refractivity contribution in [3.8, 4) is 0 Å². The van der Waals surface area contributed by atoms with Crippen molar-refractivity contribution in [3.05, 3.63) is 42.0 Å². The normalized spacial score (nSPS) is 14.0. The van der Waals surface area contributed by atoms with Crippen molar-refractivity contribution >= 4 is 53.1 Å². The number of carbonyl (C=O) groups is 8. The van der Waals surface area contributed by atoms with E-state index in [-0.39, 0.29) is 32.9 Å². The summed E-state index contributed by atoms with van der Waals surface area (Å²) in [6.07, 6.45) is 0.973. The van der Waals surface area contributed by atoms with Gasteiger partial charge in [0, 0.05) is 37.5 Å². The second-order valence-corrected chi connectivity index (χ2v) is 10.4. The maximum atomic E-state index is 12.9. The lowest BCUT2D eigenvalue weighted by Crippen LogP contribution is -2.55. The van der Waals surface area contributed by atoms with E-state index in [9.17, 15) is 38.4 Å². The van der Waals surface area contributed by atoms with Crippen LogP contribution in [-0.2, 0) is 54.4 Å². The molecule has 18 nitrogen and oxygen atoms in total. The van der Waals surface area contributed by atoms with Crippen LogP contribution in [0.25, 0.3) is 0 Å². The van der Waals surface area contributed by atoms with Crippen LogP contribution in [0, 0.1) is 0 Å². The Morgan fingerprint density at radius 1 is 0.833 bits per heavy atom. The molecule has 1 aromatic carbocycles. The molecule has 8 amide bonds. The fourth-order valence-electron chi connectivity index (χ4n) is 3.92. The van der Waals surface area contributed by atoms with Gasteiger partial charge in [-0.2, -0.15) is 0 Å². The minimum absolute atomic E-state index is 0.000372. The summed E-state index contributed by atoms with van der Waals surface area (Å²) in [6, 6.07) is 2.57. The first-order chi connectivity index (χ1) is 22.8. The number of ether oxygens (including phenoxy) is 3. The van der Waals surface area contributed by atoms with Gasteiger partial charge in [0.2, 0.25) is 29.5 Å². The van der Waals surface area contributed by atoms with Crippen LogP contribution in [0.5, 0.6) is 0 Å². The van der Waals surface area contributed by atoms with Crippen molar-refractivity contribution in [3.63, 3.8) is 0 Å². The summed E-state index contributed by atoms with van der Waals surface area (Å²) in [5, 5.41) is 12.2. The number of primary amides is 1. The number of nitrogens with one attached hydrogen (secondary N) is 5. The number of hydrogen-bond donors (Lipinski definition) is 6. The molecule has 48 heavy (non-hydrogen) atoms. The number of anilines is 1. The van der Waals surface area contributed by atoms with E-state index in [0.29, 0.717) is 24.5 Å². The van der Waals surface area contributed by atoms with E-state index in [2.05, 4.69) is 26.6 Å². The van der Waals surface area contributed by atoms with Gasteiger partial charge in [0.15, 0.2) is 0 Å². The molecule has 262 valence electrons. The first-order valence-corrected chi connectivity index (χ1v) is 15.0. The van der Waals surface area contributed by atoms with Gasteiger partial charge in [-0.25, -0.2) is 4.79 Å². The SMILES string of the molecule is CCOCCOCC(=O)NC(C)C(=O)NC(C)C(=O)NC(CC(N)=O)C(=O)Nc1ccc(COC(=O)NCCN2C(=O)C=CC2=O)cc1. The molecule has 0 bridgehead atoms. The highest BCUT2D eigenvalue weighted by molar-refractivity contribution is 6.12. The molecule has 0 spiro atoms. The van der Waals surface area contributed by atoms with Crippen molar-refractivity contribution in [1.82, 2.24) is 26.2 Å². The number of imide groups is 1. The molecule has 0 aromatic heterocycles. The Kier molecular flexibility index (Phi) is 16.2. The summed E-state index contributed by atoms with van der Waals surface area (Å²) < 4.78 is 15.3. The zero-order valence-electron chi connectivity index (χ0n) is 26.9. The average Bonchev–Trinajstić information content (AvgIpc) is 3.36. The van der Waals surface area contributed by atoms with Crippen LogP contribution in [0.4, 0.5) is 10.5 Å². The molecular formula is C30H41N7O11. The second-order valence-electron chi connectivity index (χ2n) is 10.4. The van der Waals surface area contributed by atoms with Crippen LogP contribution >= 0.6 is 0 Å². The van der Waals surface area contributed by atoms with E-state index in [1.54, 1.807) is 12.1 Å². The highest BCUT2D eigenvalue weighted by Crippen LogP contribution is 2.12.